The fraction of sp³-hybridized carbons (Fsp3) is 0.174. The van der Waals surface area contributed by atoms with Crippen LogP contribution in [-0.4, -0.2) is 40.8 Å². The third-order valence-electron chi connectivity index (χ3n) is 4.16. The molecule has 2 aromatic rings. The van der Waals surface area contributed by atoms with Crippen molar-refractivity contribution in [3.05, 3.63) is 71.7 Å². The molecule has 0 saturated carbocycles. The van der Waals surface area contributed by atoms with Crippen molar-refractivity contribution >= 4 is 51.9 Å². The van der Waals surface area contributed by atoms with E-state index in [0.29, 0.717) is 33.8 Å². The first-order chi connectivity index (χ1) is 15.0. The summed E-state index contributed by atoms with van der Waals surface area (Å²) in [5.74, 6) is 0.850. The Labute approximate surface area is 190 Å². The van der Waals surface area contributed by atoms with Crippen molar-refractivity contribution < 1.29 is 19.1 Å². The minimum Gasteiger partial charge on any atom is -0.494 e. The van der Waals surface area contributed by atoms with Gasteiger partial charge in [-0.15, -0.1) is 6.58 Å². The molecule has 2 aromatic carbocycles. The van der Waals surface area contributed by atoms with Crippen molar-refractivity contribution in [2.75, 3.05) is 25.1 Å². The maximum Gasteiger partial charge on any atom is 0.266 e. The summed E-state index contributed by atoms with van der Waals surface area (Å²) in [5, 5.41) is 2.77. The van der Waals surface area contributed by atoms with Crippen LogP contribution >= 0.6 is 24.0 Å². The monoisotopic (exact) mass is 454 g/mol. The number of hydrogen-bond acceptors (Lipinski definition) is 6. The highest BCUT2D eigenvalue weighted by molar-refractivity contribution is 8.26. The van der Waals surface area contributed by atoms with E-state index in [1.807, 2.05) is 13.0 Å². The molecule has 1 saturated heterocycles. The van der Waals surface area contributed by atoms with Crippen LogP contribution in [0.5, 0.6) is 11.5 Å². The quantitative estimate of drug-likeness (QED) is 0.342. The fourth-order valence-corrected chi connectivity index (χ4v) is 4.05. The van der Waals surface area contributed by atoms with Crippen LogP contribution in [0.25, 0.3) is 6.08 Å². The average molecular weight is 455 g/mol. The summed E-state index contributed by atoms with van der Waals surface area (Å²) in [6.07, 6.45) is 3.40. The highest BCUT2D eigenvalue weighted by Crippen LogP contribution is 2.32. The Balaban J connectivity index is 1.58. The Morgan fingerprint density at radius 3 is 2.68 bits per heavy atom. The van der Waals surface area contributed by atoms with Gasteiger partial charge in [0.2, 0.25) is 0 Å². The molecule has 3 rings (SSSR count). The van der Waals surface area contributed by atoms with Gasteiger partial charge in [0.25, 0.3) is 11.8 Å². The SMILES string of the molecule is C=CCN1C(=O)/C(=C/c2cccc(OCC(=O)Nc3ccc(OCC)cc3)c2)SC1=S. The Bertz CT molecular complexity index is 1020. The first-order valence-corrected chi connectivity index (χ1v) is 10.8. The standard InChI is InChI=1S/C23H22N2O4S2/c1-3-12-25-22(27)20(31-23(25)30)14-16-6-5-7-19(13-16)29-15-21(26)24-17-8-10-18(11-9-17)28-4-2/h3,5-11,13-14H,1,4,12,15H2,2H3,(H,24,26)/b20-14-. The van der Waals surface area contributed by atoms with Gasteiger partial charge in [-0.1, -0.05) is 42.2 Å². The summed E-state index contributed by atoms with van der Waals surface area (Å²) in [4.78, 5) is 26.7. The second kappa shape index (κ2) is 10.8. The summed E-state index contributed by atoms with van der Waals surface area (Å²) >= 11 is 6.50. The Hall–Kier alpha value is -3.10. The van der Waals surface area contributed by atoms with Crippen LogP contribution in [0.1, 0.15) is 12.5 Å². The van der Waals surface area contributed by atoms with E-state index >= 15 is 0 Å². The lowest BCUT2D eigenvalue weighted by atomic mass is 10.2. The molecule has 1 aliphatic rings. The lowest BCUT2D eigenvalue weighted by Crippen LogP contribution is -2.27. The summed E-state index contributed by atoms with van der Waals surface area (Å²) in [5.41, 5.74) is 1.44. The lowest BCUT2D eigenvalue weighted by Gasteiger charge is -2.10. The zero-order valence-corrected chi connectivity index (χ0v) is 18.6. The van der Waals surface area contributed by atoms with E-state index in [4.69, 9.17) is 21.7 Å². The predicted octanol–water partition coefficient (Wildman–Crippen LogP) is 4.49. The number of thioether (sulfide) groups is 1. The van der Waals surface area contributed by atoms with Crippen molar-refractivity contribution in [1.29, 1.82) is 0 Å². The molecule has 1 fully saturated rings. The van der Waals surface area contributed by atoms with Gasteiger partial charge in [0, 0.05) is 12.2 Å². The molecule has 31 heavy (non-hydrogen) atoms. The summed E-state index contributed by atoms with van der Waals surface area (Å²) < 4.78 is 11.5. The molecule has 160 valence electrons. The Morgan fingerprint density at radius 2 is 1.97 bits per heavy atom. The van der Waals surface area contributed by atoms with Crippen molar-refractivity contribution in [2.24, 2.45) is 0 Å². The number of anilines is 1. The number of benzene rings is 2. The predicted molar refractivity (Wildman–Crippen MR) is 128 cm³/mol. The topological polar surface area (TPSA) is 67.9 Å². The molecule has 1 N–H and O–H groups in total. The van der Waals surface area contributed by atoms with Crippen LogP contribution in [0, 0.1) is 0 Å². The van der Waals surface area contributed by atoms with Gasteiger partial charge in [-0.2, -0.15) is 0 Å². The molecule has 0 aromatic heterocycles. The number of amides is 2. The van der Waals surface area contributed by atoms with E-state index in [2.05, 4.69) is 11.9 Å². The second-order valence-corrected chi connectivity index (χ2v) is 8.12. The Morgan fingerprint density at radius 1 is 1.19 bits per heavy atom. The van der Waals surface area contributed by atoms with E-state index in [9.17, 15) is 9.59 Å². The third kappa shape index (κ3) is 6.19. The molecular weight excluding hydrogens is 432 g/mol. The molecule has 8 heteroatoms. The third-order valence-corrected chi connectivity index (χ3v) is 5.54. The fourth-order valence-electron chi connectivity index (χ4n) is 2.78. The zero-order chi connectivity index (χ0) is 22.2. The number of nitrogens with one attached hydrogen (secondary N) is 1. The van der Waals surface area contributed by atoms with E-state index < -0.39 is 0 Å². The molecule has 0 spiro atoms. The number of nitrogens with zero attached hydrogens (tertiary/aromatic N) is 1. The van der Waals surface area contributed by atoms with Crippen LogP contribution in [0.15, 0.2) is 66.1 Å². The molecule has 2 amide bonds. The van der Waals surface area contributed by atoms with Crippen LogP contribution in [0.3, 0.4) is 0 Å². The van der Waals surface area contributed by atoms with E-state index in [-0.39, 0.29) is 18.4 Å². The van der Waals surface area contributed by atoms with E-state index in [1.54, 1.807) is 54.6 Å². The number of carbonyl (C=O) groups is 2. The maximum absolute atomic E-state index is 12.5. The Kier molecular flexibility index (Phi) is 7.86. The van der Waals surface area contributed by atoms with Gasteiger partial charge in [0.05, 0.1) is 11.5 Å². The van der Waals surface area contributed by atoms with Gasteiger partial charge in [-0.3, -0.25) is 14.5 Å². The number of carbonyl (C=O) groups excluding carboxylic acids is 2. The second-order valence-electron chi connectivity index (χ2n) is 6.45. The van der Waals surface area contributed by atoms with Gasteiger partial charge in [-0.25, -0.2) is 0 Å². The molecule has 1 heterocycles. The number of thiocarbonyl (C=S) groups is 1. The summed E-state index contributed by atoms with van der Waals surface area (Å²) in [6, 6.07) is 14.3. The van der Waals surface area contributed by atoms with Crippen molar-refractivity contribution in [3.63, 3.8) is 0 Å². The first-order valence-electron chi connectivity index (χ1n) is 9.62. The molecule has 6 nitrogen and oxygen atoms in total. The minimum absolute atomic E-state index is 0.141. The van der Waals surface area contributed by atoms with E-state index in [0.717, 1.165) is 11.3 Å². The number of rotatable bonds is 9. The van der Waals surface area contributed by atoms with Crippen LogP contribution < -0.4 is 14.8 Å². The highest BCUT2D eigenvalue weighted by Gasteiger charge is 2.30. The van der Waals surface area contributed by atoms with E-state index in [1.165, 1.54) is 16.7 Å². The van der Waals surface area contributed by atoms with Gasteiger partial charge in [0.1, 0.15) is 15.8 Å². The van der Waals surface area contributed by atoms with Crippen molar-refractivity contribution in [1.82, 2.24) is 4.90 Å². The largest absolute Gasteiger partial charge is 0.494 e. The van der Waals surface area contributed by atoms with Gasteiger partial charge >= 0.3 is 0 Å². The molecular formula is C23H22N2O4S2. The molecule has 0 unspecified atom stereocenters. The normalized spacial score (nSPS) is 14.6. The van der Waals surface area contributed by atoms with Crippen molar-refractivity contribution in [3.8, 4) is 11.5 Å². The molecule has 0 atom stereocenters. The zero-order valence-electron chi connectivity index (χ0n) is 17.0. The summed E-state index contributed by atoms with van der Waals surface area (Å²) in [6.45, 7) is 6.39. The van der Waals surface area contributed by atoms with Crippen LogP contribution in [-0.2, 0) is 9.59 Å². The molecule has 0 bridgehead atoms. The number of ether oxygens (including phenoxy) is 2. The van der Waals surface area contributed by atoms with Gasteiger partial charge < -0.3 is 14.8 Å². The first kappa shape index (κ1) is 22.6. The van der Waals surface area contributed by atoms with Gasteiger partial charge in [-0.05, 0) is 55.0 Å². The van der Waals surface area contributed by atoms with Gasteiger partial charge in [0.15, 0.2) is 6.61 Å². The molecule has 0 aliphatic carbocycles. The minimum atomic E-state index is -0.278. The lowest BCUT2D eigenvalue weighted by molar-refractivity contribution is -0.121. The average Bonchev–Trinajstić information content (AvgIpc) is 3.02. The molecule has 1 aliphatic heterocycles. The number of hydrogen-bond donors (Lipinski definition) is 1. The van der Waals surface area contributed by atoms with Crippen molar-refractivity contribution in [2.45, 2.75) is 6.92 Å². The maximum atomic E-state index is 12.5. The highest BCUT2D eigenvalue weighted by atomic mass is 32.2. The molecule has 0 radical (unpaired) electrons. The smallest absolute Gasteiger partial charge is 0.266 e. The van der Waals surface area contributed by atoms with Crippen LogP contribution in [0.4, 0.5) is 5.69 Å². The van der Waals surface area contributed by atoms with Crippen LogP contribution in [0.2, 0.25) is 0 Å². The summed E-state index contributed by atoms with van der Waals surface area (Å²) in [7, 11) is 0.